The number of rotatable bonds is 3. The Bertz CT molecular complexity index is 542. The third-order valence-corrected chi connectivity index (χ3v) is 4.89. The van der Waals surface area contributed by atoms with Gasteiger partial charge in [-0.25, -0.2) is 18.7 Å². The van der Waals surface area contributed by atoms with Gasteiger partial charge >= 0.3 is 0 Å². The lowest BCUT2D eigenvalue weighted by Crippen LogP contribution is -2.41. The fraction of sp³-hybridized carbons (Fsp3) is 0.688. The molecule has 7 heteroatoms. The molecule has 2 saturated heterocycles. The molecule has 0 aromatic carbocycles. The standard InChI is InChI=1S/C16H21F2N3O2/c17-15(18)13-9-14(20-10-19-13)16(22)21-5-1-11(2-6-21)12-3-7-23-8-4-12/h9-12,15H,1-8H2. The zero-order valence-electron chi connectivity index (χ0n) is 13.0. The summed E-state index contributed by atoms with van der Waals surface area (Å²) in [6.07, 6.45) is 2.46. The number of aromatic nitrogens is 2. The van der Waals surface area contributed by atoms with Crippen LogP contribution in [-0.2, 0) is 4.74 Å². The number of ether oxygens (including phenoxy) is 1. The van der Waals surface area contributed by atoms with Crippen LogP contribution in [0.4, 0.5) is 8.78 Å². The van der Waals surface area contributed by atoms with Crippen molar-refractivity contribution in [3.05, 3.63) is 23.8 Å². The van der Waals surface area contributed by atoms with Crippen LogP contribution in [0.2, 0.25) is 0 Å². The Labute approximate surface area is 134 Å². The first-order valence-corrected chi connectivity index (χ1v) is 8.12. The maximum absolute atomic E-state index is 12.7. The lowest BCUT2D eigenvalue weighted by molar-refractivity contribution is 0.0286. The first-order chi connectivity index (χ1) is 11.1. The molecule has 0 radical (unpaired) electrons. The highest BCUT2D eigenvalue weighted by Gasteiger charge is 2.30. The van der Waals surface area contributed by atoms with Crippen LogP contribution in [0.5, 0.6) is 0 Å². The highest BCUT2D eigenvalue weighted by Crippen LogP contribution is 2.32. The van der Waals surface area contributed by atoms with Crippen molar-refractivity contribution in [2.24, 2.45) is 11.8 Å². The minimum Gasteiger partial charge on any atom is -0.381 e. The molecule has 0 N–H and O–H groups in total. The van der Waals surface area contributed by atoms with E-state index < -0.39 is 12.1 Å². The van der Waals surface area contributed by atoms with Crippen LogP contribution in [0.3, 0.4) is 0 Å². The Morgan fingerprint density at radius 2 is 1.78 bits per heavy atom. The molecule has 23 heavy (non-hydrogen) atoms. The van der Waals surface area contributed by atoms with Crippen LogP contribution < -0.4 is 0 Å². The van der Waals surface area contributed by atoms with Crippen molar-refractivity contribution in [3.8, 4) is 0 Å². The zero-order chi connectivity index (χ0) is 16.2. The monoisotopic (exact) mass is 325 g/mol. The molecule has 1 aromatic rings. The lowest BCUT2D eigenvalue weighted by atomic mass is 9.80. The normalized spacial score (nSPS) is 20.9. The van der Waals surface area contributed by atoms with Gasteiger partial charge in [-0.2, -0.15) is 0 Å². The van der Waals surface area contributed by atoms with Gasteiger partial charge in [0.25, 0.3) is 12.3 Å². The van der Waals surface area contributed by atoms with Gasteiger partial charge < -0.3 is 9.64 Å². The maximum Gasteiger partial charge on any atom is 0.280 e. The van der Waals surface area contributed by atoms with Gasteiger partial charge in [-0.1, -0.05) is 0 Å². The molecule has 0 saturated carbocycles. The van der Waals surface area contributed by atoms with Gasteiger partial charge in [0.2, 0.25) is 0 Å². The maximum atomic E-state index is 12.7. The first kappa shape index (κ1) is 16.2. The summed E-state index contributed by atoms with van der Waals surface area (Å²) in [5.41, 5.74) is -0.347. The summed E-state index contributed by atoms with van der Waals surface area (Å²) in [5.74, 6) is 1.04. The molecule has 0 atom stereocenters. The molecule has 2 aliphatic heterocycles. The van der Waals surface area contributed by atoms with Crippen LogP contribution in [0, 0.1) is 11.8 Å². The number of nitrogens with zero attached hydrogens (tertiary/aromatic N) is 3. The van der Waals surface area contributed by atoms with E-state index in [2.05, 4.69) is 9.97 Å². The van der Waals surface area contributed by atoms with Crippen LogP contribution in [0.25, 0.3) is 0 Å². The van der Waals surface area contributed by atoms with Crippen molar-refractivity contribution >= 4 is 5.91 Å². The molecule has 5 nitrogen and oxygen atoms in total. The SMILES string of the molecule is O=C(c1cc(C(F)F)ncn1)N1CCC(C2CCOCC2)CC1. The minimum atomic E-state index is -2.69. The number of carbonyl (C=O) groups is 1. The third-order valence-electron chi connectivity index (χ3n) is 4.89. The summed E-state index contributed by atoms with van der Waals surface area (Å²) in [4.78, 5) is 21.5. The first-order valence-electron chi connectivity index (χ1n) is 8.12. The van der Waals surface area contributed by atoms with E-state index in [1.165, 1.54) is 0 Å². The minimum absolute atomic E-state index is 0.0554. The van der Waals surface area contributed by atoms with Gasteiger partial charge in [-0.3, -0.25) is 4.79 Å². The predicted molar refractivity (Wildman–Crippen MR) is 79.2 cm³/mol. The van der Waals surface area contributed by atoms with Gasteiger partial charge in [0.15, 0.2) is 0 Å². The summed E-state index contributed by atoms with van der Waals surface area (Å²) in [5, 5.41) is 0. The molecule has 3 heterocycles. The average Bonchev–Trinajstić information content (AvgIpc) is 2.62. The Morgan fingerprint density at radius 3 is 2.43 bits per heavy atom. The largest absolute Gasteiger partial charge is 0.381 e. The van der Waals surface area contributed by atoms with E-state index in [0.717, 1.165) is 51.3 Å². The van der Waals surface area contributed by atoms with Crippen molar-refractivity contribution in [2.75, 3.05) is 26.3 Å². The summed E-state index contributed by atoms with van der Waals surface area (Å²) in [7, 11) is 0. The number of amides is 1. The molecule has 126 valence electrons. The van der Waals surface area contributed by atoms with E-state index in [1.807, 2.05) is 0 Å². The molecule has 0 spiro atoms. The highest BCUT2D eigenvalue weighted by molar-refractivity contribution is 5.92. The average molecular weight is 325 g/mol. The van der Waals surface area contributed by atoms with Crippen molar-refractivity contribution in [2.45, 2.75) is 32.1 Å². The zero-order valence-corrected chi connectivity index (χ0v) is 13.0. The topological polar surface area (TPSA) is 55.3 Å². The van der Waals surface area contributed by atoms with E-state index in [4.69, 9.17) is 4.74 Å². The molecule has 2 fully saturated rings. The molecular weight excluding hydrogens is 304 g/mol. The van der Waals surface area contributed by atoms with Crippen molar-refractivity contribution in [1.82, 2.24) is 14.9 Å². The second-order valence-corrected chi connectivity index (χ2v) is 6.21. The second-order valence-electron chi connectivity index (χ2n) is 6.21. The second kappa shape index (κ2) is 7.29. The number of likely N-dealkylation sites (tertiary alicyclic amines) is 1. The number of piperidine rings is 1. The number of carbonyl (C=O) groups excluding carboxylic acids is 1. The Kier molecular flexibility index (Phi) is 5.15. The number of hydrogen-bond donors (Lipinski definition) is 0. The van der Waals surface area contributed by atoms with Gasteiger partial charge in [-0.15, -0.1) is 0 Å². The summed E-state index contributed by atoms with van der Waals surface area (Å²) in [6.45, 7) is 2.99. The fourth-order valence-electron chi connectivity index (χ4n) is 3.53. The molecule has 3 rings (SSSR count). The van der Waals surface area contributed by atoms with Gasteiger partial charge in [0, 0.05) is 26.3 Å². The smallest absolute Gasteiger partial charge is 0.280 e. The van der Waals surface area contributed by atoms with Crippen molar-refractivity contribution < 1.29 is 18.3 Å². The van der Waals surface area contributed by atoms with Gasteiger partial charge in [0.05, 0.1) is 0 Å². The number of halogens is 2. The van der Waals surface area contributed by atoms with Crippen molar-refractivity contribution in [3.63, 3.8) is 0 Å². The Balaban J connectivity index is 1.58. The van der Waals surface area contributed by atoms with Gasteiger partial charge in [0.1, 0.15) is 17.7 Å². The molecular formula is C16H21F2N3O2. The highest BCUT2D eigenvalue weighted by atomic mass is 19.3. The van der Waals surface area contributed by atoms with E-state index in [9.17, 15) is 13.6 Å². The molecule has 0 bridgehead atoms. The van der Waals surface area contributed by atoms with E-state index in [0.29, 0.717) is 24.9 Å². The van der Waals surface area contributed by atoms with Crippen LogP contribution in [0.15, 0.2) is 12.4 Å². The fourth-order valence-corrected chi connectivity index (χ4v) is 3.53. The van der Waals surface area contributed by atoms with E-state index in [1.54, 1.807) is 4.90 Å². The number of hydrogen-bond acceptors (Lipinski definition) is 4. The Hall–Kier alpha value is -1.63. The van der Waals surface area contributed by atoms with Gasteiger partial charge in [-0.05, 0) is 43.6 Å². The van der Waals surface area contributed by atoms with Crippen LogP contribution >= 0.6 is 0 Å². The third kappa shape index (κ3) is 3.83. The molecule has 0 aliphatic carbocycles. The lowest BCUT2D eigenvalue weighted by Gasteiger charge is -2.37. The van der Waals surface area contributed by atoms with Crippen LogP contribution in [-0.4, -0.2) is 47.1 Å². The summed E-state index contributed by atoms with van der Waals surface area (Å²) in [6, 6.07) is 1.09. The quantitative estimate of drug-likeness (QED) is 0.857. The molecule has 0 unspecified atom stereocenters. The van der Waals surface area contributed by atoms with Crippen molar-refractivity contribution in [1.29, 1.82) is 0 Å². The molecule has 1 aromatic heterocycles. The summed E-state index contributed by atoms with van der Waals surface area (Å²) < 4.78 is 30.8. The molecule has 2 aliphatic rings. The van der Waals surface area contributed by atoms with Crippen LogP contribution in [0.1, 0.15) is 48.3 Å². The van der Waals surface area contributed by atoms with E-state index >= 15 is 0 Å². The summed E-state index contributed by atoms with van der Waals surface area (Å²) >= 11 is 0. The predicted octanol–water partition coefficient (Wildman–Crippen LogP) is 2.69. The molecule has 1 amide bonds. The Morgan fingerprint density at radius 1 is 1.13 bits per heavy atom. The van der Waals surface area contributed by atoms with E-state index in [-0.39, 0.29) is 11.6 Å². The number of alkyl halides is 2.